The lowest BCUT2D eigenvalue weighted by Crippen LogP contribution is -2.78. The highest BCUT2D eigenvalue weighted by molar-refractivity contribution is 5.18. The zero-order valence-corrected chi connectivity index (χ0v) is 14.7. The number of hydrogen-bond donors (Lipinski definition) is 2. The third kappa shape index (κ3) is 3.83. The molecule has 0 bridgehead atoms. The van der Waals surface area contributed by atoms with Crippen molar-refractivity contribution in [1.82, 2.24) is 0 Å². The van der Waals surface area contributed by atoms with Gasteiger partial charge >= 0.3 is 65.5 Å². The molecular weight excluding hydrogens is 582 g/mol. The van der Waals surface area contributed by atoms with Crippen molar-refractivity contribution in [1.29, 1.82) is 0 Å². The molecule has 2 N–H and O–H groups in total. The van der Waals surface area contributed by atoms with E-state index in [4.69, 9.17) is 10.2 Å². The van der Waals surface area contributed by atoms with Crippen LogP contribution in [0.25, 0.3) is 0 Å². The maximum absolute atomic E-state index is 13.3. The highest BCUT2D eigenvalue weighted by Gasteiger charge is 2.98. The summed E-state index contributed by atoms with van der Waals surface area (Å²) < 4.78 is 282. The van der Waals surface area contributed by atoms with Crippen LogP contribution in [-0.4, -0.2) is 75.7 Å². The molecule has 0 aliphatic carbocycles. The Labute approximate surface area is 174 Å². The van der Waals surface area contributed by atoms with E-state index < -0.39 is 65.5 Å². The highest BCUT2D eigenvalue weighted by atomic mass is 19.4. The zero-order valence-electron chi connectivity index (χ0n) is 14.7. The van der Waals surface area contributed by atoms with Gasteiger partial charge in [0.1, 0.15) is 0 Å². The van der Waals surface area contributed by atoms with Crippen LogP contribution in [0.2, 0.25) is 0 Å². The summed E-state index contributed by atoms with van der Waals surface area (Å²) in [6.45, 7) is 0. The van der Waals surface area contributed by atoms with Crippen LogP contribution in [0.5, 0.6) is 0 Å². The van der Waals surface area contributed by atoms with E-state index in [2.05, 4.69) is 0 Å². The van der Waals surface area contributed by atoms with Gasteiger partial charge in [-0.15, -0.1) is 0 Å². The molecule has 0 aromatic rings. The van der Waals surface area contributed by atoms with Crippen LogP contribution < -0.4 is 0 Å². The molecule has 0 aromatic heterocycles. The van der Waals surface area contributed by atoms with Crippen LogP contribution >= 0.6 is 0 Å². The second-order valence-electron chi connectivity index (χ2n) is 6.26. The van der Waals surface area contributed by atoms with Gasteiger partial charge in [-0.25, -0.2) is 0 Å². The number of hydrogen-bond acceptors (Lipinski definition) is 2. The van der Waals surface area contributed by atoms with E-state index in [0.717, 1.165) is 0 Å². The summed E-state index contributed by atoms with van der Waals surface area (Å²) in [5.74, 6) is -80.3. The van der Waals surface area contributed by atoms with Gasteiger partial charge in [0.25, 0.3) is 0 Å². The maximum Gasteiger partial charge on any atom is 0.460 e. The molecule has 0 aliphatic rings. The number of aliphatic hydroxyl groups is 2. The Hall–Kier alpha value is -1.62. The first-order valence-electron chi connectivity index (χ1n) is 7.10. The fourth-order valence-corrected chi connectivity index (χ4v) is 1.76. The van der Waals surface area contributed by atoms with Crippen molar-refractivity contribution in [3.63, 3.8) is 0 Å². The summed E-state index contributed by atoms with van der Waals surface area (Å²) in [4.78, 5) is 0. The van der Waals surface area contributed by atoms with Crippen LogP contribution in [0.15, 0.2) is 0 Å². The molecule has 0 amide bonds. The van der Waals surface area contributed by atoms with Gasteiger partial charge in [0, 0.05) is 0 Å². The normalized spacial score (nSPS) is 18.5. The summed E-state index contributed by atoms with van der Waals surface area (Å²) >= 11 is 0. The minimum absolute atomic E-state index is 7.39. The summed E-state index contributed by atoms with van der Waals surface area (Å²) in [5.41, 5.74) is 0. The first kappa shape index (κ1) is 33.4. The van der Waals surface area contributed by atoms with Gasteiger partial charge in [-0.2, -0.15) is 96.6 Å². The zero-order chi connectivity index (χ0) is 29.5. The van der Waals surface area contributed by atoms with Crippen LogP contribution in [-0.2, 0) is 0 Å². The van der Waals surface area contributed by atoms with E-state index >= 15 is 0 Å². The van der Waals surface area contributed by atoms with Gasteiger partial charge in [-0.05, 0) is 0 Å². The lowest BCUT2D eigenvalue weighted by molar-refractivity contribution is -0.492. The molecule has 0 spiro atoms. The van der Waals surface area contributed by atoms with Crippen LogP contribution in [0.3, 0.4) is 0 Å². The van der Waals surface area contributed by atoms with E-state index in [-0.39, 0.29) is 0 Å². The van der Waals surface area contributed by atoms with Crippen molar-refractivity contribution in [2.75, 3.05) is 0 Å². The van der Waals surface area contributed by atoms with Crippen molar-refractivity contribution in [2.24, 2.45) is 0 Å². The first-order chi connectivity index (χ1) is 14.5. The third-order valence-electron chi connectivity index (χ3n) is 3.93. The molecule has 0 aliphatic heterocycles. The summed E-state index contributed by atoms with van der Waals surface area (Å²) in [5, 5.41) is 15.4. The van der Waals surface area contributed by atoms with Gasteiger partial charge in [-0.3, -0.25) is 0 Å². The topological polar surface area (TPSA) is 40.5 Å². The van der Waals surface area contributed by atoms with Crippen molar-refractivity contribution >= 4 is 0 Å². The second-order valence-corrected chi connectivity index (χ2v) is 6.26. The van der Waals surface area contributed by atoms with Crippen molar-refractivity contribution in [3.05, 3.63) is 0 Å². The van der Waals surface area contributed by atoms with Gasteiger partial charge < -0.3 is 10.2 Å². The Balaban J connectivity index is 7.15. The molecule has 0 saturated carbocycles. The molecule has 0 fully saturated rings. The molecule has 0 aromatic carbocycles. The summed E-state index contributed by atoms with van der Waals surface area (Å²) in [6.07, 6.45) is -15.5. The summed E-state index contributed by atoms with van der Waals surface area (Å²) in [7, 11) is 0. The maximum atomic E-state index is 13.3. The Morgan fingerprint density at radius 1 is 0.257 bits per heavy atom. The predicted molar refractivity (Wildman–Crippen MR) is 58.9 cm³/mol. The molecule has 0 rings (SSSR count). The quantitative estimate of drug-likeness (QED) is 0.333. The Bertz CT molecular complexity index is 720. The predicted octanol–water partition coefficient (Wildman–Crippen LogP) is 5.87. The van der Waals surface area contributed by atoms with E-state index in [9.17, 15) is 96.6 Å². The lowest BCUT2D eigenvalue weighted by Gasteiger charge is -2.45. The van der Waals surface area contributed by atoms with Crippen molar-refractivity contribution in [3.8, 4) is 0 Å². The third-order valence-corrected chi connectivity index (χ3v) is 3.93. The number of halogens is 22. The fraction of sp³-hybridized carbons (Fsp3) is 1.00. The number of rotatable bonds is 9. The van der Waals surface area contributed by atoms with Crippen LogP contribution in [0, 0.1) is 0 Å². The van der Waals surface area contributed by atoms with Crippen molar-refractivity contribution < 1.29 is 107 Å². The van der Waals surface area contributed by atoms with Gasteiger partial charge in [0.15, 0.2) is 0 Å². The van der Waals surface area contributed by atoms with E-state index in [1.165, 1.54) is 0 Å². The average Bonchev–Trinajstić information content (AvgIpc) is 2.58. The van der Waals surface area contributed by atoms with E-state index in [0.29, 0.717) is 0 Å². The lowest BCUT2D eigenvalue weighted by atomic mass is 9.86. The average molecular weight is 584 g/mol. The van der Waals surface area contributed by atoms with Gasteiger partial charge in [0.05, 0.1) is 0 Å². The molecule has 2 nitrogen and oxygen atoms in total. The largest absolute Gasteiger partial charge is 0.460 e. The minimum atomic E-state index is -9.37. The Morgan fingerprint density at radius 2 is 0.429 bits per heavy atom. The van der Waals surface area contributed by atoms with Crippen LogP contribution in [0.4, 0.5) is 96.6 Å². The fourth-order valence-electron chi connectivity index (χ4n) is 1.76. The Kier molecular flexibility index (Phi) is 7.34. The number of alkyl halides is 22. The first-order valence-corrected chi connectivity index (χ1v) is 7.10. The minimum Gasteiger partial charge on any atom is -0.350 e. The monoisotopic (exact) mass is 584 g/mol. The molecule has 0 saturated heterocycles. The van der Waals surface area contributed by atoms with E-state index in [1.54, 1.807) is 0 Å². The molecule has 1 atom stereocenters. The van der Waals surface area contributed by atoms with E-state index in [1.807, 2.05) is 0 Å². The van der Waals surface area contributed by atoms with Crippen LogP contribution in [0.1, 0.15) is 0 Å². The molecule has 212 valence electrons. The highest BCUT2D eigenvalue weighted by Crippen LogP contribution is 2.66. The standard InChI is InChI=1S/C11H2F22O2/c12-1(13,2(14,15)4(18,19)6(22,23)8(26,27)10(29,30)31)3(16,17)5(20,21)7(24,25)9(28,34)11(32,33)35/h34-35H. The van der Waals surface area contributed by atoms with Gasteiger partial charge in [0.2, 0.25) is 0 Å². The molecule has 0 radical (unpaired) electrons. The molecule has 0 heterocycles. The Morgan fingerprint density at radius 3 is 0.600 bits per heavy atom. The molecule has 1 unspecified atom stereocenters. The summed E-state index contributed by atoms with van der Waals surface area (Å²) in [6, 6.07) is 0. The van der Waals surface area contributed by atoms with Gasteiger partial charge in [-0.1, -0.05) is 0 Å². The SMILES string of the molecule is OC(F)(F)C(O)(F)C(F)(F)C(F)(F)C(F)(F)C(F)(F)C(F)(F)C(F)(F)C(F)(F)C(F)(F)C(F)(F)F. The molecule has 35 heavy (non-hydrogen) atoms. The second kappa shape index (κ2) is 7.69. The molecule has 24 heteroatoms. The van der Waals surface area contributed by atoms with Crippen molar-refractivity contribution in [2.45, 2.75) is 65.5 Å². The smallest absolute Gasteiger partial charge is 0.350 e. The molecular formula is C11H2F22O2.